The lowest BCUT2D eigenvalue weighted by Gasteiger charge is -2.33. The fourth-order valence-electron chi connectivity index (χ4n) is 4.58. The van der Waals surface area contributed by atoms with Gasteiger partial charge in [-0.25, -0.2) is 4.68 Å². The third kappa shape index (κ3) is 4.62. The van der Waals surface area contributed by atoms with Crippen molar-refractivity contribution in [1.82, 2.24) is 24.2 Å². The zero-order valence-electron chi connectivity index (χ0n) is 18.7. The lowest BCUT2D eigenvalue weighted by atomic mass is 10.1. The van der Waals surface area contributed by atoms with Crippen molar-refractivity contribution in [2.24, 2.45) is 0 Å². The van der Waals surface area contributed by atoms with Gasteiger partial charge in [-0.2, -0.15) is 16.9 Å². The van der Waals surface area contributed by atoms with Crippen LogP contribution in [0.2, 0.25) is 0 Å². The maximum absolute atomic E-state index is 12.6. The summed E-state index contributed by atoms with van der Waals surface area (Å²) in [7, 11) is 0. The molecule has 0 amide bonds. The van der Waals surface area contributed by atoms with Crippen LogP contribution in [0.5, 0.6) is 0 Å². The smallest absolute Gasteiger partial charge is 0.324 e. The van der Waals surface area contributed by atoms with E-state index < -0.39 is 0 Å². The Kier molecular flexibility index (Phi) is 6.86. The summed E-state index contributed by atoms with van der Waals surface area (Å²) in [4.78, 5) is 18.0. The summed E-state index contributed by atoms with van der Waals surface area (Å²) in [6.45, 7) is 4.93. The molecule has 3 aromatic rings. The minimum absolute atomic E-state index is 0.136. The number of nitrogens with one attached hydrogen (secondary N) is 1. The van der Waals surface area contributed by atoms with Crippen molar-refractivity contribution in [1.29, 1.82) is 0 Å². The molecule has 10 heteroatoms. The number of benzene rings is 1. The molecule has 2 saturated heterocycles. The lowest BCUT2D eigenvalue weighted by molar-refractivity contribution is -0.149. The Bertz CT molecular complexity index is 1180. The number of aromatic amines is 1. The number of ether oxygens (including phenoxy) is 2. The summed E-state index contributed by atoms with van der Waals surface area (Å²) < 4.78 is 15.8. The SMILES string of the molecule is CCOC(=O)[C@@H]1CSCCN1Cn1nc(-c2c[nH]c3ccccc23)n(C[C@H]2CCCO2)c1=S. The molecule has 33 heavy (non-hydrogen) atoms. The molecule has 0 saturated carbocycles. The minimum Gasteiger partial charge on any atom is -0.465 e. The summed E-state index contributed by atoms with van der Waals surface area (Å²) in [5.74, 6) is 2.34. The van der Waals surface area contributed by atoms with Crippen LogP contribution >= 0.6 is 24.0 Å². The molecule has 1 N–H and O–H groups in total. The number of carbonyl (C=O) groups is 1. The van der Waals surface area contributed by atoms with Gasteiger partial charge in [0.05, 0.1) is 25.9 Å². The molecule has 0 radical (unpaired) electrons. The van der Waals surface area contributed by atoms with E-state index in [4.69, 9.17) is 26.8 Å². The second kappa shape index (κ2) is 10.0. The van der Waals surface area contributed by atoms with Crippen LogP contribution < -0.4 is 0 Å². The van der Waals surface area contributed by atoms with Crippen LogP contribution in [-0.4, -0.2) is 73.6 Å². The van der Waals surface area contributed by atoms with Gasteiger partial charge in [0.2, 0.25) is 0 Å². The van der Waals surface area contributed by atoms with Crippen molar-refractivity contribution in [3.63, 3.8) is 0 Å². The number of para-hydroxylation sites is 1. The maximum Gasteiger partial charge on any atom is 0.324 e. The molecule has 0 unspecified atom stereocenters. The molecule has 176 valence electrons. The van der Waals surface area contributed by atoms with Crippen LogP contribution in [0.15, 0.2) is 30.5 Å². The summed E-state index contributed by atoms with van der Waals surface area (Å²) in [5, 5.41) is 6.09. The van der Waals surface area contributed by atoms with Crippen molar-refractivity contribution >= 4 is 40.9 Å². The van der Waals surface area contributed by atoms with Gasteiger partial charge in [0.1, 0.15) is 6.04 Å². The Morgan fingerprint density at radius 1 is 1.39 bits per heavy atom. The molecule has 1 aromatic carbocycles. The highest BCUT2D eigenvalue weighted by Gasteiger charge is 2.31. The van der Waals surface area contributed by atoms with E-state index >= 15 is 0 Å². The highest BCUT2D eigenvalue weighted by atomic mass is 32.2. The normalized spacial score (nSPS) is 21.6. The van der Waals surface area contributed by atoms with Crippen LogP contribution in [0.1, 0.15) is 19.8 Å². The maximum atomic E-state index is 12.6. The zero-order valence-corrected chi connectivity index (χ0v) is 20.4. The number of hydrogen-bond donors (Lipinski definition) is 1. The van der Waals surface area contributed by atoms with E-state index in [0.29, 0.717) is 24.6 Å². The Hall–Kier alpha value is -2.14. The predicted molar refractivity (Wildman–Crippen MR) is 132 cm³/mol. The largest absolute Gasteiger partial charge is 0.465 e. The number of aromatic nitrogens is 4. The summed E-state index contributed by atoms with van der Waals surface area (Å²) >= 11 is 7.70. The Morgan fingerprint density at radius 2 is 2.27 bits per heavy atom. The van der Waals surface area contributed by atoms with Gasteiger partial charge in [-0.05, 0) is 38.0 Å². The molecule has 0 aliphatic carbocycles. The van der Waals surface area contributed by atoms with Gasteiger partial charge < -0.3 is 14.5 Å². The van der Waals surface area contributed by atoms with Gasteiger partial charge >= 0.3 is 5.97 Å². The average molecular weight is 488 g/mol. The van der Waals surface area contributed by atoms with Gasteiger partial charge in [-0.15, -0.1) is 0 Å². The molecule has 2 fully saturated rings. The average Bonchev–Trinajstić information content (AvgIpc) is 3.56. The number of esters is 1. The molecule has 0 spiro atoms. The van der Waals surface area contributed by atoms with E-state index in [1.165, 1.54) is 0 Å². The highest BCUT2D eigenvalue weighted by Crippen LogP contribution is 2.29. The van der Waals surface area contributed by atoms with E-state index in [9.17, 15) is 4.79 Å². The first-order chi connectivity index (χ1) is 16.2. The molecule has 8 nitrogen and oxygen atoms in total. The molecule has 4 heterocycles. The van der Waals surface area contributed by atoms with E-state index in [1.807, 2.05) is 29.9 Å². The minimum atomic E-state index is -0.287. The van der Waals surface area contributed by atoms with Gasteiger partial charge in [0, 0.05) is 47.3 Å². The summed E-state index contributed by atoms with van der Waals surface area (Å²) in [6, 6.07) is 7.92. The number of thioether (sulfide) groups is 1. The van der Waals surface area contributed by atoms with Crippen molar-refractivity contribution in [3.05, 3.63) is 35.2 Å². The monoisotopic (exact) mass is 487 g/mol. The quantitative estimate of drug-likeness (QED) is 0.402. The molecule has 0 bridgehead atoms. The van der Waals surface area contributed by atoms with Crippen LogP contribution in [0.25, 0.3) is 22.3 Å². The lowest BCUT2D eigenvalue weighted by Crippen LogP contribution is -2.48. The number of fused-ring (bicyclic) bond motifs is 1. The van der Waals surface area contributed by atoms with E-state index in [2.05, 4.69) is 26.6 Å². The molecule has 2 aliphatic rings. The van der Waals surface area contributed by atoms with Crippen molar-refractivity contribution in [2.45, 2.75) is 45.1 Å². The van der Waals surface area contributed by atoms with E-state index in [1.54, 1.807) is 11.8 Å². The standard InChI is InChI=1S/C23H29N5O3S2/c1-2-30-22(29)20-14-33-11-9-26(20)15-28-23(32)27(13-16-6-5-10-31-16)21(25-28)18-12-24-19-8-4-3-7-17(18)19/h3-4,7-8,12,16,20,24H,2,5-6,9-11,13-15H2,1H3/t16-,20+/m1/s1. The predicted octanol–water partition coefficient (Wildman–Crippen LogP) is 3.68. The molecule has 2 aliphatic heterocycles. The molecule has 2 aromatic heterocycles. The summed E-state index contributed by atoms with van der Waals surface area (Å²) in [6.07, 6.45) is 4.23. The first-order valence-electron chi connectivity index (χ1n) is 11.5. The third-order valence-corrected chi connectivity index (χ3v) is 7.73. The zero-order chi connectivity index (χ0) is 22.8. The Balaban J connectivity index is 1.51. The van der Waals surface area contributed by atoms with Gasteiger partial charge in [-0.1, -0.05) is 18.2 Å². The topological polar surface area (TPSA) is 77.3 Å². The number of rotatable bonds is 7. The summed E-state index contributed by atoms with van der Waals surface area (Å²) in [5.41, 5.74) is 2.08. The Labute approximate surface area is 202 Å². The molecule has 5 rings (SSSR count). The highest BCUT2D eigenvalue weighted by molar-refractivity contribution is 7.99. The van der Waals surface area contributed by atoms with Crippen LogP contribution in [0.4, 0.5) is 0 Å². The van der Waals surface area contributed by atoms with Gasteiger partial charge in [-0.3, -0.25) is 14.3 Å². The van der Waals surface area contributed by atoms with Gasteiger partial charge in [0.25, 0.3) is 0 Å². The van der Waals surface area contributed by atoms with Crippen LogP contribution in [0.3, 0.4) is 0 Å². The fraction of sp³-hybridized carbons (Fsp3) is 0.522. The fourth-order valence-corrected chi connectivity index (χ4v) is 5.94. The van der Waals surface area contributed by atoms with Crippen molar-refractivity contribution in [3.8, 4) is 11.4 Å². The van der Waals surface area contributed by atoms with Crippen LogP contribution in [0, 0.1) is 4.77 Å². The third-order valence-electron chi connectivity index (χ3n) is 6.28. The number of nitrogens with zero attached hydrogens (tertiary/aromatic N) is 4. The molecular weight excluding hydrogens is 458 g/mol. The Morgan fingerprint density at radius 3 is 3.09 bits per heavy atom. The second-order valence-electron chi connectivity index (χ2n) is 8.40. The first kappa shape index (κ1) is 22.6. The van der Waals surface area contributed by atoms with Gasteiger partial charge in [0.15, 0.2) is 10.6 Å². The molecule has 2 atom stereocenters. The molecular formula is C23H29N5O3S2. The number of H-pyrrole nitrogens is 1. The van der Waals surface area contributed by atoms with Crippen LogP contribution in [-0.2, 0) is 27.5 Å². The first-order valence-corrected chi connectivity index (χ1v) is 13.1. The number of carbonyl (C=O) groups excluding carboxylic acids is 1. The van der Waals surface area contributed by atoms with E-state index in [-0.39, 0.29) is 18.1 Å². The number of hydrogen-bond acceptors (Lipinski definition) is 7. The van der Waals surface area contributed by atoms with Crippen molar-refractivity contribution in [2.75, 3.05) is 31.3 Å². The van der Waals surface area contributed by atoms with E-state index in [0.717, 1.165) is 59.8 Å². The van der Waals surface area contributed by atoms with Crippen molar-refractivity contribution < 1.29 is 14.3 Å². The second-order valence-corrected chi connectivity index (χ2v) is 9.91.